The maximum Gasteiger partial charge on any atom is 0.337 e. The number of para-hydroxylation sites is 1. The molecule has 0 aromatic heterocycles. The molecule has 0 aliphatic carbocycles. The monoisotopic (exact) mass is 293 g/mol. The number of nitro groups is 1. The van der Waals surface area contributed by atoms with E-state index in [2.05, 4.69) is 6.58 Å². The van der Waals surface area contributed by atoms with E-state index in [1.54, 1.807) is 6.92 Å². The van der Waals surface area contributed by atoms with Crippen molar-refractivity contribution in [3.8, 4) is 0 Å². The molecular formula is C14H15NO6. The van der Waals surface area contributed by atoms with Gasteiger partial charge in [0.25, 0.3) is 5.69 Å². The zero-order chi connectivity index (χ0) is 16.0. The molecule has 0 aliphatic rings. The van der Waals surface area contributed by atoms with Gasteiger partial charge in [-0.15, -0.1) is 0 Å². The normalized spacial score (nSPS) is 11.3. The minimum absolute atomic E-state index is 0.0655. The van der Waals surface area contributed by atoms with E-state index in [4.69, 9.17) is 9.47 Å². The minimum Gasteiger partial charge on any atom is -0.463 e. The summed E-state index contributed by atoms with van der Waals surface area (Å²) in [6, 6.07) is 5.66. The van der Waals surface area contributed by atoms with Crippen molar-refractivity contribution in [3.05, 3.63) is 52.1 Å². The molecular weight excluding hydrogens is 278 g/mol. The van der Waals surface area contributed by atoms with Crippen LogP contribution in [0.3, 0.4) is 0 Å². The van der Waals surface area contributed by atoms with Crippen LogP contribution in [0.25, 0.3) is 0 Å². The number of nitro benzene ring substituents is 1. The van der Waals surface area contributed by atoms with Crippen LogP contribution in [0.15, 0.2) is 36.4 Å². The Morgan fingerprint density at radius 1 is 1.38 bits per heavy atom. The van der Waals surface area contributed by atoms with Crippen LogP contribution in [0.2, 0.25) is 0 Å². The highest BCUT2D eigenvalue weighted by Crippen LogP contribution is 2.32. The Bertz CT molecular complexity index is 581. The summed E-state index contributed by atoms with van der Waals surface area (Å²) < 4.78 is 9.80. The van der Waals surface area contributed by atoms with Gasteiger partial charge in [-0.2, -0.15) is 0 Å². The predicted molar refractivity (Wildman–Crippen MR) is 73.4 cm³/mol. The molecule has 0 fully saturated rings. The molecule has 0 saturated carbocycles. The van der Waals surface area contributed by atoms with E-state index >= 15 is 0 Å². The number of hydrogen-bond donors (Lipinski definition) is 0. The molecule has 1 atom stereocenters. The molecule has 7 nitrogen and oxygen atoms in total. The molecule has 112 valence electrons. The number of ether oxygens (including phenoxy) is 2. The van der Waals surface area contributed by atoms with Crippen LogP contribution in [-0.2, 0) is 19.1 Å². The van der Waals surface area contributed by atoms with Gasteiger partial charge in [0.1, 0.15) is 0 Å². The van der Waals surface area contributed by atoms with E-state index in [9.17, 15) is 19.7 Å². The Morgan fingerprint density at radius 2 is 2.00 bits per heavy atom. The van der Waals surface area contributed by atoms with Crippen molar-refractivity contribution in [2.45, 2.75) is 20.0 Å². The molecule has 0 aliphatic heterocycles. The number of rotatable bonds is 6. The van der Waals surface area contributed by atoms with Crippen molar-refractivity contribution in [2.75, 3.05) is 6.61 Å². The smallest absolute Gasteiger partial charge is 0.337 e. The first-order chi connectivity index (χ1) is 9.88. The fraction of sp³-hybridized carbons (Fsp3) is 0.286. The highest BCUT2D eigenvalue weighted by molar-refractivity contribution is 5.90. The van der Waals surface area contributed by atoms with Crippen LogP contribution in [0.4, 0.5) is 5.69 Å². The molecule has 0 N–H and O–H groups in total. The summed E-state index contributed by atoms with van der Waals surface area (Å²) >= 11 is 0. The largest absolute Gasteiger partial charge is 0.463 e. The third-order valence-electron chi connectivity index (χ3n) is 2.55. The van der Waals surface area contributed by atoms with Crippen molar-refractivity contribution in [2.24, 2.45) is 0 Å². The number of hydrogen-bond acceptors (Lipinski definition) is 6. The SMILES string of the molecule is C=C(C(=O)OCC)C(OC(C)=O)c1ccccc1[N+](=O)[O-]. The number of nitrogens with zero attached hydrogens (tertiary/aromatic N) is 1. The standard InChI is InChI=1S/C14H15NO6/c1-4-20-14(17)9(2)13(21-10(3)16)11-7-5-6-8-12(11)15(18)19/h5-8,13H,2,4H2,1,3H3. The Balaban J connectivity index is 3.26. The molecule has 0 spiro atoms. The molecule has 1 rings (SSSR count). The van der Waals surface area contributed by atoms with Crippen molar-refractivity contribution >= 4 is 17.6 Å². The molecule has 1 aromatic carbocycles. The van der Waals surface area contributed by atoms with E-state index in [1.807, 2.05) is 0 Å². The number of benzene rings is 1. The fourth-order valence-electron chi connectivity index (χ4n) is 1.69. The summed E-state index contributed by atoms with van der Waals surface area (Å²) in [6.45, 7) is 6.39. The fourth-order valence-corrected chi connectivity index (χ4v) is 1.69. The van der Waals surface area contributed by atoms with Crippen molar-refractivity contribution in [1.82, 2.24) is 0 Å². The molecule has 1 aromatic rings. The lowest BCUT2D eigenvalue weighted by Gasteiger charge is -2.18. The van der Waals surface area contributed by atoms with Crippen LogP contribution in [-0.4, -0.2) is 23.5 Å². The van der Waals surface area contributed by atoms with Gasteiger partial charge in [0.05, 0.1) is 22.7 Å². The van der Waals surface area contributed by atoms with Gasteiger partial charge >= 0.3 is 11.9 Å². The van der Waals surface area contributed by atoms with E-state index in [0.29, 0.717) is 0 Å². The lowest BCUT2D eigenvalue weighted by Crippen LogP contribution is -2.19. The van der Waals surface area contributed by atoms with Gasteiger partial charge in [0.15, 0.2) is 6.10 Å². The van der Waals surface area contributed by atoms with Gasteiger partial charge in [-0.3, -0.25) is 14.9 Å². The van der Waals surface area contributed by atoms with Crippen LogP contribution in [0.5, 0.6) is 0 Å². The van der Waals surface area contributed by atoms with Gasteiger partial charge in [-0.25, -0.2) is 4.79 Å². The van der Waals surface area contributed by atoms with Gasteiger partial charge < -0.3 is 9.47 Å². The summed E-state index contributed by atoms with van der Waals surface area (Å²) in [5.41, 5.74) is -0.383. The first-order valence-corrected chi connectivity index (χ1v) is 6.14. The highest BCUT2D eigenvalue weighted by atomic mass is 16.6. The van der Waals surface area contributed by atoms with E-state index in [1.165, 1.54) is 24.3 Å². The maximum atomic E-state index is 11.7. The first-order valence-electron chi connectivity index (χ1n) is 6.14. The molecule has 0 amide bonds. The molecule has 1 unspecified atom stereocenters. The second-order valence-corrected chi connectivity index (χ2v) is 4.05. The van der Waals surface area contributed by atoms with Crippen LogP contribution in [0, 0.1) is 10.1 Å². The molecule has 7 heteroatoms. The lowest BCUT2D eigenvalue weighted by atomic mass is 10.0. The average Bonchev–Trinajstić information content (AvgIpc) is 2.44. The Morgan fingerprint density at radius 3 is 2.52 bits per heavy atom. The maximum absolute atomic E-state index is 11.7. The van der Waals surface area contributed by atoms with Crippen molar-refractivity contribution in [1.29, 1.82) is 0 Å². The number of carbonyl (C=O) groups is 2. The Hall–Kier alpha value is -2.70. The number of carbonyl (C=O) groups excluding carboxylic acids is 2. The molecule has 0 radical (unpaired) electrons. The van der Waals surface area contributed by atoms with Crippen LogP contribution >= 0.6 is 0 Å². The van der Waals surface area contributed by atoms with Crippen molar-refractivity contribution in [3.63, 3.8) is 0 Å². The first kappa shape index (κ1) is 16.4. The number of esters is 2. The van der Waals surface area contributed by atoms with Crippen LogP contribution < -0.4 is 0 Å². The third kappa shape index (κ3) is 4.13. The van der Waals surface area contributed by atoms with E-state index in [0.717, 1.165) is 6.92 Å². The van der Waals surface area contributed by atoms with Crippen LogP contribution in [0.1, 0.15) is 25.5 Å². The Kier molecular flexibility index (Phi) is 5.59. The lowest BCUT2D eigenvalue weighted by molar-refractivity contribution is -0.386. The zero-order valence-electron chi connectivity index (χ0n) is 11.7. The quantitative estimate of drug-likeness (QED) is 0.345. The summed E-state index contributed by atoms with van der Waals surface area (Å²) in [5.74, 6) is -1.47. The molecule has 0 heterocycles. The van der Waals surface area contributed by atoms with Gasteiger partial charge in [-0.05, 0) is 13.0 Å². The molecule has 0 bridgehead atoms. The third-order valence-corrected chi connectivity index (χ3v) is 2.55. The van der Waals surface area contributed by atoms with E-state index in [-0.39, 0.29) is 23.4 Å². The Labute approximate surface area is 121 Å². The summed E-state index contributed by atoms with van der Waals surface area (Å²) in [4.78, 5) is 33.4. The topological polar surface area (TPSA) is 95.7 Å². The molecule has 0 saturated heterocycles. The minimum atomic E-state index is -1.26. The zero-order valence-corrected chi connectivity index (χ0v) is 11.7. The average molecular weight is 293 g/mol. The van der Waals surface area contributed by atoms with Gasteiger partial charge in [0, 0.05) is 13.0 Å². The van der Waals surface area contributed by atoms with E-state index < -0.39 is 23.0 Å². The second kappa shape index (κ2) is 7.18. The predicted octanol–water partition coefficient (Wildman–Crippen LogP) is 2.32. The highest BCUT2D eigenvalue weighted by Gasteiger charge is 2.30. The molecule has 21 heavy (non-hydrogen) atoms. The summed E-state index contributed by atoms with van der Waals surface area (Å²) in [6.07, 6.45) is -1.26. The summed E-state index contributed by atoms with van der Waals surface area (Å²) in [5, 5.41) is 11.0. The second-order valence-electron chi connectivity index (χ2n) is 4.05. The van der Waals surface area contributed by atoms with Gasteiger partial charge in [-0.1, -0.05) is 18.7 Å². The van der Waals surface area contributed by atoms with Crippen molar-refractivity contribution < 1.29 is 24.0 Å². The summed E-state index contributed by atoms with van der Waals surface area (Å²) in [7, 11) is 0. The van der Waals surface area contributed by atoms with Gasteiger partial charge in [0.2, 0.25) is 0 Å².